The average molecular weight is 288 g/mol. The monoisotopic (exact) mass is 288 g/mol. The fraction of sp³-hybridized carbons (Fsp3) is 0.846. The number of aliphatic carboxylic acids is 1. The van der Waals surface area contributed by atoms with Gasteiger partial charge in [-0.25, -0.2) is 9.59 Å². The van der Waals surface area contributed by atoms with Crippen LogP contribution < -0.4 is 5.32 Å². The lowest BCUT2D eigenvalue weighted by molar-refractivity contribution is -0.141. The van der Waals surface area contributed by atoms with Gasteiger partial charge in [-0.15, -0.1) is 0 Å². The second kappa shape index (κ2) is 8.30. The molecule has 1 atom stereocenters. The van der Waals surface area contributed by atoms with Crippen LogP contribution in [0.15, 0.2) is 0 Å². The van der Waals surface area contributed by atoms with Crippen LogP contribution in [0.1, 0.15) is 32.1 Å². The maximum absolute atomic E-state index is 11.9. The first-order valence-corrected chi connectivity index (χ1v) is 8.19. The van der Waals surface area contributed by atoms with Crippen LogP contribution in [-0.4, -0.2) is 53.6 Å². The fourth-order valence-corrected chi connectivity index (χ4v) is 2.88. The van der Waals surface area contributed by atoms with Gasteiger partial charge in [0.15, 0.2) is 0 Å². The van der Waals surface area contributed by atoms with Gasteiger partial charge >= 0.3 is 12.0 Å². The number of carboxylic acid groups (broad SMARTS) is 1. The zero-order valence-electron chi connectivity index (χ0n) is 11.7. The molecule has 1 fully saturated rings. The third-order valence-electron chi connectivity index (χ3n) is 3.64. The molecule has 0 aromatic heterocycles. The third-order valence-corrected chi connectivity index (χ3v) is 4.23. The van der Waals surface area contributed by atoms with Gasteiger partial charge in [0, 0.05) is 19.3 Å². The lowest BCUT2D eigenvalue weighted by Gasteiger charge is -2.29. The molecule has 1 aliphatic rings. The molecular formula is C13H24N2O3S. The van der Waals surface area contributed by atoms with Crippen molar-refractivity contribution in [1.29, 1.82) is 0 Å². The van der Waals surface area contributed by atoms with Gasteiger partial charge in [-0.05, 0) is 25.0 Å². The summed E-state index contributed by atoms with van der Waals surface area (Å²) in [6, 6.07) is -1.03. The first-order valence-electron chi connectivity index (χ1n) is 6.79. The second-order valence-electron chi connectivity index (χ2n) is 5.08. The summed E-state index contributed by atoms with van der Waals surface area (Å²) in [5.74, 6) is 0.00752. The van der Waals surface area contributed by atoms with Crippen LogP contribution in [0.4, 0.5) is 4.79 Å². The molecule has 0 radical (unpaired) electrons. The van der Waals surface area contributed by atoms with Crippen LogP contribution in [-0.2, 0) is 4.79 Å². The summed E-state index contributed by atoms with van der Waals surface area (Å²) in [6.07, 6.45) is 7.06. The van der Waals surface area contributed by atoms with Crippen molar-refractivity contribution in [3.63, 3.8) is 0 Å². The van der Waals surface area contributed by atoms with E-state index >= 15 is 0 Å². The van der Waals surface area contributed by atoms with E-state index in [1.807, 2.05) is 6.26 Å². The molecule has 0 aliphatic heterocycles. The van der Waals surface area contributed by atoms with Crippen LogP contribution in [0, 0.1) is 5.92 Å². The summed E-state index contributed by atoms with van der Waals surface area (Å²) in [7, 11) is 1.70. The summed E-state index contributed by atoms with van der Waals surface area (Å²) in [5.41, 5.74) is 0. The molecule has 1 aliphatic carbocycles. The van der Waals surface area contributed by atoms with Crippen molar-refractivity contribution in [3.8, 4) is 0 Å². The van der Waals surface area contributed by atoms with Crippen LogP contribution >= 0.6 is 11.8 Å². The Morgan fingerprint density at radius 3 is 2.53 bits per heavy atom. The van der Waals surface area contributed by atoms with Gasteiger partial charge in [0.2, 0.25) is 0 Å². The van der Waals surface area contributed by atoms with E-state index in [2.05, 4.69) is 5.32 Å². The van der Waals surface area contributed by atoms with Crippen molar-refractivity contribution in [1.82, 2.24) is 10.2 Å². The average Bonchev–Trinajstić information content (AvgIpc) is 2.42. The molecule has 1 unspecified atom stereocenters. The molecule has 5 nitrogen and oxygen atoms in total. The molecule has 0 aromatic carbocycles. The van der Waals surface area contributed by atoms with E-state index in [4.69, 9.17) is 0 Å². The smallest absolute Gasteiger partial charge is 0.326 e. The fourth-order valence-electron chi connectivity index (χ4n) is 2.42. The molecule has 0 aromatic rings. The number of amides is 2. The lowest BCUT2D eigenvalue weighted by Crippen LogP contribution is -2.50. The number of rotatable bonds is 6. The Kier molecular flexibility index (Phi) is 7.05. The standard InChI is InChI=1S/C13H24N2O3S/c1-15(8-9-19-2)13(18)14-11(12(16)17)10-6-4-3-5-7-10/h10-11H,3-9H2,1-2H3,(H,14,18)(H,16,17). The highest BCUT2D eigenvalue weighted by Crippen LogP contribution is 2.26. The van der Waals surface area contributed by atoms with E-state index in [1.54, 1.807) is 23.7 Å². The van der Waals surface area contributed by atoms with Crippen LogP contribution in [0.3, 0.4) is 0 Å². The number of carbonyl (C=O) groups excluding carboxylic acids is 1. The van der Waals surface area contributed by atoms with Crippen LogP contribution in [0.25, 0.3) is 0 Å². The molecule has 110 valence electrons. The molecule has 0 spiro atoms. The van der Waals surface area contributed by atoms with E-state index in [-0.39, 0.29) is 11.9 Å². The van der Waals surface area contributed by atoms with Crippen molar-refractivity contribution < 1.29 is 14.7 Å². The number of carboxylic acids is 1. The minimum atomic E-state index is -0.918. The van der Waals surface area contributed by atoms with Crippen molar-refractivity contribution in [3.05, 3.63) is 0 Å². The van der Waals surface area contributed by atoms with E-state index in [0.29, 0.717) is 6.54 Å². The molecular weight excluding hydrogens is 264 g/mol. The van der Waals surface area contributed by atoms with Crippen LogP contribution in [0.5, 0.6) is 0 Å². The van der Waals surface area contributed by atoms with Gasteiger partial charge < -0.3 is 15.3 Å². The highest BCUT2D eigenvalue weighted by atomic mass is 32.2. The third kappa shape index (κ3) is 5.30. The topological polar surface area (TPSA) is 69.6 Å². The molecule has 1 saturated carbocycles. The molecule has 6 heteroatoms. The van der Waals surface area contributed by atoms with E-state index in [0.717, 1.165) is 31.4 Å². The van der Waals surface area contributed by atoms with Crippen molar-refractivity contribution in [2.75, 3.05) is 25.6 Å². The largest absolute Gasteiger partial charge is 0.480 e. The Hall–Kier alpha value is -0.910. The molecule has 2 N–H and O–H groups in total. The zero-order chi connectivity index (χ0) is 14.3. The van der Waals surface area contributed by atoms with E-state index in [9.17, 15) is 14.7 Å². The summed E-state index contributed by atoms with van der Waals surface area (Å²) < 4.78 is 0. The summed E-state index contributed by atoms with van der Waals surface area (Å²) in [5, 5.41) is 12.0. The SMILES string of the molecule is CSCCN(C)C(=O)NC(C(=O)O)C1CCCCC1. The number of nitrogens with one attached hydrogen (secondary N) is 1. The number of nitrogens with zero attached hydrogens (tertiary/aromatic N) is 1. The number of carbonyl (C=O) groups is 2. The lowest BCUT2D eigenvalue weighted by atomic mass is 9.84. The molecule has 0 heterocycles. The van der Waals surface area contributed by atoms with Gasteiger partial charge in [0.05, 0.1) is 0 Å². The second-order valence-corrected chi connectivity index (χ2v) is 6.06. The summed E-state index contributed by atoms with van der Waals surface area (Å²) in [4.78, 5) is 24.8. The van der Waals surface area contributed by atoms with Gasteiger partial charge in [-0.2, -0.15) is 11.8 Å². The Balaban J connectivity index is 2.52. The Morgan fingerprint density at radius 2 is 2.00 bits per heavy atom. The van der Waals surface area contributed by atoms with Crippen molar-refractivity contribution in [2.24, 2.45) is 5.92 Å². The molecule has 1 rings (SSSR count). The first-order chi connectivity index (χ1) is 9.06. The normalized spacial score (nSPS) is 17.8. The highest BCUT2D eigenvalue weighted by molar-refractivity contribution is 7.98. The predicted molar refractivity (Wildman–Crippen MR) is 77.5 cm³/mol. The Labute approximate surface area is 119 Å². The van der Waals surface area contributed by atoms with E-state index < -0.39 is 12.0 Å². The van der Waals surface area contributed by atoms with Gasteiger partial charge in [0.1, 0.15) is 6.04 Å². The number of hydrogen-bond acceptors (Lipinski definition) is 3. The molecule has 0 saturated heterocycles. The highest BCUT2D eigenvalue weighted by Gasteiger charge is 2.31. The van der Waals surface area contributed by atoms with Gasteiger partial charge in [0.25, 0.3) is 0 Å². The summed E-state index contributed by atoms with van der Waals surface area (Å²) >= 11 is 1.66. The molecule has 19 heavy (non-hydrogen) atoms. The molecule has 2 amide bonds. The first kappa shape index (κ1) is 16.1. The quantitative estimate of drug-likeness (QED) is 0.784. The van der Waals surface area contributed by atoms with Crippen LogP contribution in [0.2, 0.25) is 0 Å². The maximum atomic E-state index is 11.9. The maximum Gasteiger partial charge on any atom is 0.326 e. The number of hydrogen-bond donors (Lipinski definition) is 2. The minimum absolute atomic E-state index is 0.0733. The Morgan fingerprint density at radius 1 is 1.37 bits per heavy atom. The molecule has 0 bridgehead atoms. The predicted octanol–water partition coefficient (Wildman–Crippen LogP) is 2.02. The minimum Gasteiger partial charge on any atom is -0.480 e. The van der Waals surface area contributed by atoms with Crippen molar-refractivity contribution in [2.45, 2.75) is 38.1 Å². The van der Waals surface area contributed by atoms with E-state index in [1.165, 1.54) is 6.42 Å². The summed E-state index contributed by atoms with van der Waals surface area (Å²) in [6.45, 7) is 0.629. The zero-order valence-corrected chi connectivity index (χ0v) is 12.5. The number of urea groups is 1. The number of thioether (sulfide) groups is 1. The Bertz CT molecular complexity index is 306. The van der Waals surface area contributed by atoms with Gasteiger partial charge in [-0.1, -0.05) is 19.3 Å². The van der Waals surface area contributed by atoms with Crippen molar-refractivity contribution >= 4 is 23.8 Å². The van der Waals surface area contributed by atoms with Gasteiger partial charge in [-0.3, -0.25) is 0 Å².